The highest BCUT2D eigenvalue weighted by molar-refractivity contribution is 5.99. The molecule has 0 aliphatic carbocycles. The Bertz CT molecular complexity index is 959. The lowest BCUT2D eigenvalue weighted by atomic mass is 10.1. The van der Waals surface area contributed by atoms with Crippen LogP contribution in [0.5, 0.6) is 0 Å². The minimum atomic E-state index is -1.05. The lowest BCUT2D eigenvalue weighted by molar-refractivity contribution is 0.0696. The normalized spacial score (nSPS) is 11.0. The monoisotopic (exact) mass is 322 g/mol. The number of aryl methyl sites for hydroxylation is 1. The number of fused-ring (bicyclic) bond motifs is 1. The van der Waals surface area contributed by atoms with Gasteiger partial charge in [0.25, 0.3) is 5.91 Å². The molecule has 2 aromatic heterocycles. The number of hydrogen-bond donors (Lipinski definition) is 2. The third-order valence-electron chi connectivity index (χ3n) is 3.48. The number of rotatable bonds is 4. The molecule has 7 heteroatoms. The Balaban J connectivity index is 1.83. The third kappa shape index (κ3) is 2.87. The van der Waals surface area contributed by atoms with E-state index in [9.17, 15) is 9.59 Å². The minimum Gasteiger partial charge on any atom is -0.478 e. The number of nitrogens with one attached hydrogen (secondary N) is 1. The second-order valence-electron chi connectivity index (χ2n) is 5.07. The van der Waals surface area contributed by atoms with Crippen LogP contribution in [0.3, 0.4) is 0 Å². The van der Waals surface area contributed by atoms with Gasteiger partial charge in [0.15, 0.2) is 0 Å². The molecule has 0 unspecified atom stereocenters. The summed E-state index contributed by atoms with van der Waals surface area (Å²) < 4.78 is 1.67. The van der Waals surface area contributed by atoms with E-state index in [4.69, 9.17) is 5.11 Å². The van der Waals surface area contributed by atoms with Crippen molar-refractivity contribution >= 4 is 23.7 Å². The lowest BCUT2D eigenvalue weighted by Gasteiger charge is -2.02. The summed E-state index contributed by atoms with van der Waals surface area (Å²) in [7, 11) is 0. The van der Waals surface area contributed by atoms with Gasteiger partial charge in [-0.15, -0.1) is 0 Å². The maximum Gasteiger partial charge on any atom is 0.336 e. The van der Waals surface area contributed by atoms with E-state index in [0.717, 1.165) is 0 Å². The van der Waals surface area contributed by atoms with Gasteiger partial charge in [0.2, 0.25) is 0 Å². The Morgan fingerprint density at radius 2 is 1.96 bits per heavy atom. The molecule has 0 saturated heterocycles. The number of carbonyl (C=O) groups is 2. The van der Waals surface area contributed by atoms with Gasteiger partial charge in [0.1, 0.15) is 11.3 Å². The number of nitrogens with zero attached hydrogens (tertiary/aromatic N) is 3. The molecule has 0 radical (unpaired) electrons. The van der Waals surface area contributed by atoms with Gasteiger partial charge < -0.3 is 5.11 Å². The van der Waals surface area contributed by atoms with E-state index in [1.165, 1.54) is 12.3 Å². The highest BCUT2D eigenvalue weighted by Crippen LogP contribution is 2.11. The van der Waals surface area contributed by atoms with Gasteiger partial charge in [-0.3, -0.25) is 9.20 Å². The van der Waals surface area contributed by atoms with Crippen LogP contribution in [0.15, 0.2) is 53.8 Å². The van der Waals surface area contributed by atoms with Gasteiger partial charge >= 0.3 is 5.97 Å². The van der Waals surface area contributed by atoms with Crippen LogP contribution in [0.1, 0.15) is 32.1 Å². The van der Waals surface area contributed by atoms with E-state index in [0.29, 0.717) is 22.6 Å². The fourth-order valence-electron chi connectivity index (χ4n) is 2.40. The molecular formula is C17H14N4O3. The molecule has 120 valence electrons. The van der Waals surface area contributed by atoms with Gasteiger partial charge in [0, 0.05) is 11.8 Å². The quantitative estimate of drug-likeness (QED) is 0.568. The molecule has 24 heavy (non-hydrogen) atoms. The fourth-order valence-corrected chi connectivity index (χ4v) is 2.40. The van der Waals surface area contributed by atoms with Gasteiger partial charge in [-0.05, 0) is 25.1 Å². The summed E-state index contributed by atoms with van der Waals surface area (Å²) in [5, 5.41) is 13.0. The van der Waals surface area contributed by atoms with Crippen molar-refractivity contribution in [3.05, 3.63) is 71.2 Å². The lowest BCUT2D eigenvalue weighted by Crippen LogP contribution is -2.20. The second kappa shape index (κ2) is 6.33. The standard InChI is InChI=1S/C17H14N4O3/c1-11-15(21-9-5-4-8-14(21)19-11)16(22)20-18-10-12-6-2-3-7-13(12)17(23)24/h2-10H,1H3,(H,20,22)(H,23,24)/b18-10-. The molecule has 1 aromatic carbocycles. The van der Waals surface area contributed by atoms with E-state index in [1.807, 2.05) is 6.07 Å². The highest BCUT2D eigenvalue weighted by atomic mass is 16.4. The molecule has 0 saturated carbocycles. The van der Waals surface area contributed by atoms with E-state index in [2.05, 4.69) is 15.5 Å². The maximum atomic E-state index is 12.3. The first kappa shape index (κ1) is 15.4. The Kier molecular flexibility index (Phi) is 4.07. The van der Waals surface area contributed by atoms with Crippen LogP contribution < -0.4 is 5.43 Å². The molecule has 2 N–H and O–H groups in total. The number of carboxylic acid groups (broad SMARTS) is 1. The Labute approximate surface area is 137 Å². The summed E-state index contributed by atoms with van der Waals surface area (Å²) in [5.74, 6) is -1.48. The first-order chi connectivity index (χ1) is 11.6. The number of hydrazone groups is 1. The Morgan fingerprint density at radius 3 is 2.75 bits per heavy atom. The predicted octanol–water partition coefficient (Wildman–Crippen LogP) is 2.10. The topological polar surface area (TPSA) is 96.1 Å². The van der Waals surface area contributed by atoms with Crippen molar-refractivity contribution in [3.8, 4) is 0 Å². The zero-order valence-corrected chi connectivity index (χ0v) is 12.8. The molecule has 0 atom stereocenters. The molecule has 0 spiro atoms. The largest absolute Gasteiger partial charge is 0.478 e. The number of imidazole rings is 1. The van der Waals surface area contributed by atoms with Crippen molar-refractivity contribution in [3.63, 3.8) is 0 Å². The van der Waals surface area contributed by atoms with Crippen molar-refractivity contribution in [2.75, 3.05) is 0 Å². The number of carboxylic acids is 1. The molecular weight excluding hydrogens is 308 g/mol. The van der Waals surface area contributed by atoms with Crippen molar-refractivity contribution in [1.29, 1.82) is 0 Å². The Morgan fingerprint density at radius 1 is 1.21 bits per heavy atom. The van der Waals surface area contributed by atoms with Crippen molar-refractivity contribution < 1.29 is 14.7 Å². The van der Waals surface area contributed by atoms with E-state index < -0.39 is 11.9 Å². The average Bonchev–Trinajstić information content (AvgIpc) is 2.90. The van der Waals surface area contributed by atoms with Crippen LogP contribution in [-0.4, -0.2) is 32.6 Å². The zero-order valence-electron chi connectivity index (χ0n) is 12.8. The van der Waals surface area contributed by atoms with Crippen molar-refractivity contribution in [2.45, 2.75) is 6.92 Å². The number of hydrogen-bond acceptors (Lipinski definition) is 4. The summed E-state index contributed by atoms with van der Waals surface area (Å²) in [6, 6.07) is 11.8. The molecule has 0 fully saturated rings. The van der Waals surface area contributed by atoms with Gasteiger partial charge in [-0.2, -0.15) is 5.10 Å². The molecule has 0 bridgehead atoms. The molecule has 7 nitrogen and oxygen atoms in total. The minimum absolute atomic E-state index is 0.112. The predicted molar refractivity (Wildman–Crippen MR) is 88.4 cm³/mol. The SMILES string of the molecule is Cc1nc2ccccn2c1C(=O)N/N=C\c1ccccc1C(=O)O. The Hall–Kier alpha value is -3.48. The zero-order chi connectivity index (χ0) is 17.1. The van der Waals surface area contributed by atoms with Crippen LogP contribution in [-0.2, 0) is 0 Å². The van der Waals surface area contributed by atoms with Crippen molar-refractivity contribution in [1.82, 2.24) is 14.8 Å². The van der Waals surface area contributed by atoms with Crippen LogP contribution >= 0.6 is 0 Å². The molecule has 1 amide bonds. The van der Waals surface area contributed by atoms with Gasteiger partial charge in [-0.25, -0.2) is 15.2 Å². The van der Waals surface area contributed by atoms with Gasteiger partial charge in [-0.1, -0.05) is 24.3 Å². The van der Waals surface area contributed by atoms with E-state index in [-0.39, 0.29) is 5.56 Å². The molecule has 3 aromatic rings. The summed E-state index contributed by atoms with van der Waals surface area (Å²) in [5.41, 5.74) is 4.56. The summed E-state index contributed by atoms with van der Waals surface area (Å²) in [6.07, 6.45) is 3.05. The summed E-state index contributed by atoms with van der Waals surface area (Å²) in [6.45, 7) is 1.74. The fraction of sp³-hybridized carbons (Fsp3) is 0.0588. The average molecular weight is 322 g/mol. The first-order valence-corrected chi connectivity index (χ1v) is 7.17. The third-order valence-corrected chi connectivity index (χ3v) is 3.48. The van der Waals surface area contributed by atoms with Crippen molar-refractivity contribution in [2.24, 2.45) is 5.10 Å². The van der Waals surface area contributed by atoms with Crippen LogP contribution in [0.25, 0.3) is 5.65 Å². The second-order valence-corrected chi connectivity index (χ2v) is 5.07. The molecule has 0 aliphatic rings. The summed E-state index contributed by atoms with van der Waals surface area (Å²) >= 11 is 0. The number of carbonyl (C=O) groups excluding carboxylic acids is 1. The number of pyridine rings is 1. The smallest absolute Gasteiger partial charge is 0.336 e. The number of aromatic carboxylic acids is 1. The van der Waals surface area contributed by atoms with E-state index >= 15 is 0 Å². The highest BCUT2D eigenvalue weighted by Gasteiger charge is 2.15. The number of benzene rings is 1. The van der Waals surface area contributed by atoms with Gasteiger partial charge in [0.05, 0.1) is 17.5 Å². The molecule has 2 heterocycles. The van der Waals surface area contributed by atoms with Crippen LogP contribution in [0, 0.1) is 6.92 Å². The van der Waals surface area contributed by atoms with E-state index in [1.54, 1.807) is 47.9 Å². The van der Waals surface area contributed by atoms with Crippen LogP contribution in [0.4, 0.5) is 0 Å². The number of amides is 1. The summed E-state index contributed by atoms with van der Waals surface area (Å²) in [4.78, 5) is 27.8. The van der Waals surface area contributed by atoms with Crippen LogP contribution in [0.2, 0.25) is 0 Å². The molecule has 3 rings (SSSR count). The first-order valence-electron chi connectivity index (χ1n) is 7.17. The molecule has 0 aliphatic heterocycles. The number of aromatic nitrogens is 2. The maximum absolute atomic E-state index is 12.3.